The van der Waals surface area contributed by atoms with Crippen molar-refractivity contribution in [3.05, 3.63) is 39.8 Å². The fraction of sp³-hybridized carbons (Fsp3) is 0.474. The Kier molecular flexibility index (Phi) is 8.21. The number of thiazole rings is 1. The molecule has 142 valence electrons. The van der Waals surface area contributed by atoms with Crippen LogP contribution in [-0.4, -0.2) is 44.8 Å². The highest BCUT2D eigenvalue weighted by Crippen LogP contribution is 2.24. The molecule has 1 aromatic heterocycles. The number of aryl methyl sites for hydroxylation is 1. The van der Waals surface area contributed by atoms with E-state index in [9.17, 15) is 0 Å². The summed E-state index contributed by atoms with van der Waals surface area (Å²) in [4.78, 5) is 10.2. The van der Waals surface area contributed by atoms with Crippen LogP contribution in [-0.2, 0) is 12.8 Å². The van der Waals surface area contributed by atoms with Gasteiger partial charge in [-0.15, -0.1) is 11.3 Å². The van der Waals surface area contributed by atoms with Gasteiger partial charge in [0.15, 0.2) is 5.96 Å². The second-order valence-electron chi connectivity index (χ2n) is 5.73. The van der Waals surface area contributed by atoms with Gasteiger partial charge in [-0.2, -0.15) is 0 Å². The lowest BCUT2D eigenvalue weighted by Gasteiger charge is -2.13. The number of ether oxygens (including phenoxy) is 2. The summed E-state index contributed by atoms with van der Waals surface area (Å²) in [6.07, 6.45) is 3.59. The fourth-order valence-electron chi connectivity index (χ4n) is 2.51. The molecule has 0 aliphatic carbocycles. The first-order chi connectivity index (χ1) is 12.7. The fourth-order valence-corrected chi connectivity index (χ4v) is 3.29. The first-order valence-electron chi connectivity index (χ1n) is 8.80. The SMILES string of the molecule is CCNC(=NCCc1ncc(C)s1)NCCc1cc(OC)ccc1OC. The Hall–Kier alpha value is -2.28. The van der Waals surface area contributed by atoms with Crippen molar-refractivity contribution in [2.75, 3.05) is 33.9 Å². The molecule has 0 aliphatic heterocycles. The first kappa shape index (κ1) is 20.0. The predicted molar refractivity (Wildman–Crippen MR) is 108 cm³/mol. The summed E-state index contributed by atoms with van der Waals surface area (Å²) < 4.78 is 10.7. The van der Waals surface area contributed by atoms with E-state index >= 15 is 0 Å². The van der Waals surface area contributed by atoms with E-state index in [1.807, 2.05) is 24.4 Å². The number of methoxy groups -OCH3 is 2. The summed E-state index contributed by atoms with van der Waals surface area (Å²) in [5.41, 5.74) is 1.11. The number of aromatic nitrogens is 1. The quantitative estimate of drug-likeness (QED) is 0.520. The minimum Gasteiger partial charge on any atom is -0.497 e. The molecule has 0 amide bonds. The molecule has 0 fully saturated rings. The smallest absolute Gasteiger partial charge is 0.191 e. The number of aliphatic imine (C=N–C) groups is 1. The molecule has 0 saturated carbocycles. The van der Waals surface area contributed by atoms with Gasteiger partial charge in [0.2, 0.25) is 0 Å². The van der Waals surface area contributed by atoms with Crippen LogP contribution in [0.5, 0.6) is 11.5 Å². The molecule has 0 unspecified atom stereocenters. The third-order valence-corrected chi connectivity index (χ3v) is 4.76. The summed E-state index contributed by atoms with van der Waals surface area (Å²) in [5, 5.41) is 7.78. The maximum absolute atomic E-state index is 5.43. The number of nitrogens with one attached hydrogen (secondary N) is 2. The highest BCUT2D eigenvalue weighted by atomic mass is 32.1. The third-order valence-electron chi connectivity index (χ3n) is 3.78. The van der Waals surface area contributed by atoms with Gasteiger partial charge < -0.3 is 20.1 Å². The molecule has 2 rings (SSSR count). The van der Waals surface area contributed by atoms with E-state index in [1.165, 1.54) is 4.88 Å². The van der Waals surface area contributed by atoms with Crippen LogP contribution >= 0.6 is 11.3 Å². The van der Waals surface area contributed by atoms with Crippen LogP contribution in [0.25, 0.3) is 0 Å². The Morgan fingerprint density at radius 1 is 1.19 bits per heavy atom. The standard InChI is InChI=1S/C19H28N4O2S/c1-5-20-19(22-11-9-18-23-13-14(2)26-18)21-10-8-15-12-16(24-3)6-7-17(15)25-4/h6-7,12-13H,5,8-11H2,1-4H3,(H2,20,21,22). The molecule has 0 spiro atoms. The summed E-state index contributed by atoms with van der Waals surface area (Å²) in [6, 6.07) is 5.85. The van der Waals surface area contributed by atoms with Crippen molar-refractivity contribution in [1.29, 1.82) is 0 Å². The van der Waals surface area contributed by atoms with E-state index in [4.69, 9.17) is 9.47 Å². The molecule has 0 saturated heterocycles. The van der Waals surface area contributed by atoms with Crippen molar-refractivity contribution in [2.45, 2.75) is 26.7 Å². The van der Waals surface area contributed by atoms with E-state index in [0.717, 1.165) is 54.0 Å². The molecule has 0 atom stereocenters. The van der Waals surface area contributed by atoms with Gasteiger partial charge in [0, 0.05) is 37.1 Å². The van der Waals surface area contributed by atoms with Crippen LogP contribution in [0.4, 0.5) is 0 Å². The first-order valence-corrected chi connectivity index (χ1v) is 9.62. The number of nitrogens with zero attached hydrogens (tertiary/aromatic N) is 2. The van der Waals surface area contributed by atoms with Crippen LogP contribution in [0.15, 0.2) is 29.4 Å². The van der Waals surface area contributed by atoms with Crippen LogP contribution in [0.3, 0.4) is 0 Å². The second kappa shape index (κ2) is 10.7. The average Bonchev–Trinajstić information content (AvgIpc) is 3.06. The summed E-state index contributed by atoms with van der Waals surface area (Å²) in [6.45, 7) is 6.43. The monoisotopic (exact) mass is 376 g/mol. The number of hydrogen-bond donors (Lipinski definition) is 2. The molecule has 7 heteroatoms. The summed E-state index contributed by atoms with van der Waals surface area (Å²) in [7, 11) is 3.36. The molecule has 1 aromatic carbocycles. The van der Waals surface area contributed by atoms with Gasteiger partial charge in [0.05, 0.1) is 19.2 Å². The Bertz CT molecular complexity index is 715. The van der Waals surface area contributed by atoms with E-state index in [2.05, 4.69) is 34.5 Å². The van der Waals surface area contributed by atoms with E-state index in [-0.39, 0.29) is 0 Å². The second-order valence-corrected chi connectivity index (χ2v) is 7.05. The molecule has 0 radical (unpaired) electrons. The Labute approximate surface area is 159 Å². The van der Waals surface area contributed by atoms with Gasteiger partial charge >= 0.3 is 0 Å². The summed E-state index contributed by atoms with van der Waals surface area (Å²) in [5.74, 6) is 2.52. The van der Waals surface area contributed by atoms with Crippen LogP contribution in [0, 0.1) is 6.92 Å². The molecule has 0 bridgehead atoms. The van der Waals surface area contributed by atoms with Crippen molar-refractivity contribution in [1.82, 2.24) is 15.6 Å². The molecular weight excluding hydrogens is 348 g/mol. The number of hydrogen-bond acceptors (Lipinski definition) is 5. The summed E-state index contributed by atoms with van der Waals surface area (Å²) >= 11 is 1.73. The minimum atomic E-state index is 0.713. The van der Waals surface area contributed by atoms with Crippen molar-refractivity contribution >= 4 is 17.3 Å². The normalized spacial score (nSPS) is 11.3. The Balaban J connectivity index is 1.88. The maximum Gasteiger partial charge on any atom is 0.191 e. The third kappa shape index (κ3) is 6.22. The highest BCUT2D eigenvalue weighted by Gasteiger charge is 2.06. The minimum absolute atomic E-state index is 0.713. The topological polar surface area (TPSA) is 67.8 Å². The molecular formula is C19H28N4O2S. The number of rotatable bonds is 9. The lowest BCUT2D eigenvalue weighted by molar-refractivity contribution is 0.398. The van der Waals surface area contributed by atoms with Crippen LogP contribution in [0.1, 0.15) is 22.4 Å². The van der Waals surface area contributed by atoms with Crippen molar-refractivity contribution in [2.24, 2.45) is 4.99 Å². The molecule has 2 aromatic rings. The van der Waals surface area contributed by atoms with E-state index < -0.39 is 0 Å². The predicted octanol–water partition coefficient (Wildman–Crippen LogP) is 2.81. The average molecular weight is 377 g/mol. The van der Waals surface area contributed by atoms with Gasteiger partial charge in [-0.3, -0.25) is 4.99 Å². The number of guanidine groups is 1. The number of benzene rings is 1. The Morgan fingerprint density at radius 2 is 2.04 bits per heavy atom. The van der Waals surface area contributed by atoms with Gasteiger partial charge in [-0.05, 0) is 44.0 Å². The molecule has 1 heterocycles. The zero-order valence-electron chi connectivity index (χ0n) is 16.0. The Morgan fingerprint density at radius 3 is 2.69 bits per heavy atom. The van der Waals surface area contributed by atoms with Gasteiger partial charge in [-0.1, -0.05) is 0 Å². The maximum atomic E-state index is 5.43. The van der Waals surface area contributed by atoms with Gasteiger partial charge in [0.25, 0.3) is 0 Å². The lowest BCUT2D eigenvalue weighted by Crippen LogP contribution is -2.38. The van der Waals surface area contributed by atoms with Gasteiger partial charge in [0.1, 0.15) is 11.5 Å². The van der Waals surface area contributed by atoms with Crippen LogP contribution < -0.4 is 20.1 Å². The van der Waals surface area contributed by atoms with Crippen molar-refractivity contribution in [3.8, 4) is 11.5 Å². The van der Waals surface area contributed by atoms with Crippen molar-refractivity contribution < 1.29 is 9.47 Å². The van der Waals surface area contributed by atoms with E-state index in [0.29, 0.717) is 6.54 Å². The molecule has 6 nitrogen and oxygen atoms in total. The highest BCUT2D eigenvalue weighted by molar-refractivity contribution is 7.11. The zero-order valence-corrected chi connectivity index (χ0v) is 16.8. The molecule has 26 heavy (non-hydrogen) atoms. The largest absolute Gasteiger partial charge is 0.497 e. The van der Waals surface area contributed by atoms with Crippen LogP contribution in [0.2, 0.25) is 0 Å². The van der Waals surface area contributed by atoms with Gasteiger partial charge in [-0.25, -0.2) is 4.98 Å². The van der Waals surface area contributed by atoms with Crippen molar-refractivity contribution in [3.63, 3.8) is 0 Å². The van der Waals surface area contributed by atoms with E-state index in [1.54, 1.807) is 25.6 Å². The molecule has 0 aliphatic rings. The zero-order chi connectivity index (χ0) is 18.8. The molecule has 2 N–H and O–H groups in total. The lowest BCUT2D eigenvalue weighted by atomic mass is 10.1.